The van der Waals surface area contributed by atoms with E-state index in [9.17, 15) is 9.90 Å². The number of hydrogen-bond acceptors (Lipinski definition) is 6. The SMILES string of the molecule is CN(c1ccccc1)c1ncnc2c(C(O)c3ccc(C(=O)O)cc3)cnn12. The first kappa shape index (κ1) is 17.6. The van der Waals surface area contributed by atoms with Gasteiger partial charge < -0.3 is 15.1 Å². The van der Waals surface area contributed by atoms with Crippen molar-refractivity contribution in [2.75, 3.05) is 11.9 Å². The van der Waals surface area contributed by atoms with Crippen molar-refractivity contribution in [3.63, 3.8) is 0 Å². The van der Waals surface area contributed by atoms with Crippen LogP contribution in [0.15, 0.2) is 67.1 Å². The monoisotopic (exact) mass is 375 g/mol. The van der Waals surface area contributed by atoms with Crippen molar-refractivity contribution in [2.24, 2.45) is 0 Å². The van der Waals surface area contributed by atoms with E-state index in [0.717, 1.165) is 5.69 Å². The second-order valence-corrected chi connectivity index (χ2v) is 6.23. The van der Waals surface area contributed by atoms with Gasteiger partial charge in [0.2, 0.25) is 5.95 Å². The van der Waals surface area contributed by atoms with Crippen molar-refractivity contribution < 1.29 is 15.0 Å². The lowest BCUT2D eigenvalue weighted by atomic mass is 10.0. The molecule has 4 rings (SSSR count). The fourth-order valence-corrected chi connectivity index (χ4v) is 3.00. The number of benzene rings is 2. The minimum atomic E-state index is -1.02. The predicted molar refractivity (Wildman–Crippen MR) is 103 cm³/mol. The number of hydrogen-bond donors (Lipinski definition) is 2. The Labute approximate surface area is 160 Å². The van der Waals surface area contributed by atoms with E-state index in [4.69, 9.17) is 5.11 Å². The third kappa shape index (κ3) is 3.06. The standard InChI is InChI=1S/C20H17N5O3/c1-24(15-5-3-2-4-6-15)20-22-12-21-18-16(11-23-25(18)20)17(26)13-7-9-14(10-8-13)19(27)28/h2-12,17,26H,1H3,(H,27,28). The molecular formula is C20H17N5O3. The molecular weight excluding hydrogens is 358 g/mol. The molecule has 0 spiro atoms. The van der Waals surface area contributed by atoms with Crippen molar-refractivity contribution >= 4 is 23.3 Å². The van der Waals surface area contributed by atoms with Crippen molar-refractivity contribution in [1.82, 2.24) is 19.6 Å². The lowest BCUT2D eigenvalue weighted by Crippen LogP contribution is -2.16. The normalized spacial score (nSPS) is 12.1. The van der Waals surface area contributed by atoms with Gasteiger partial charge in [0.15, 0.2) is 5.65 Å². The van der Waals surface area contributed by atoms with Gasteiger partial charge in [-0.05, 0) is 29.8 Å². The number of rotatable bonds is 5. The van der Waals surface area contributed by atoms with Gasteiger partial charge in [-0.15, -0.1) is 0 Å². The molecule has 2 heterocycles. The van der Waals surface area contributed by atoms with Crippen LogP contribution in [0.5, 0.6) is 0 Å². The fourth-order valence-electron chi connectivity index (χ4n) is 3.00. The van der Waals surface area contributed by atoms with Crippen LogP contribution in [-0.4, -0.2) is 42.8 Å². The number of aromatic carboxylic acids is 1. The molecule has 0 bridgehead atoms. The summed E-state index contributed by atoms with van der Waals surface area (Å²) in [5.41, 5.74) is 2.63. The Balaban J connectivity index is 1.72. The summed E-state index contributed by atoms with van der Waals surface area (Å²) in [5, 5.41) is 24.2. The summed E-state index contributed by atoms with van der Waals surface area (Å²) in [5.74, 6) is -0.464. The minimum Gasteiger partial charge on any atom is -0.478 e. The summed E-state index contributed by atoms with van der Waals surface area (Å²) >= 11 is 0. The highest BCUT2D eigenvalue weighted by atomic mass is 16.4. The summed E-state index contributed by atoms with van der Waals surface area (Å²) in [6.45, 7) is 0. The Hall–Kier alpha value is -3.78. The summed E-state index contributed by atoms with van der Waals surface area (Å²) < 4.78 is 1.57. The third-order valence-electron chi connectivity index (χ3n) is 4.53. The third-order valence-corrected chi connectivity index (χ3v) is 4.53. The van der Waals surface area contributed by atoms with E-state index in [1.54, 1.807) is 22.8 Å². The molecule has 8 heteroatoms. The maximum atomic E-state index is 11.0. The topological polar surface area (TPSA) is 104 Å². The molecule has 0 fully saturated rings. The minimum absolute atomic E-state index is 0.157. The van der Waals surface area contributed by atoms with Gasteiger partial charge in [0, 0.05) is 12.7 Å². The molecule has 8 nitrogen and oxygen atoms in total. The van der Waals surface area contributed by atoms with E-state index in [1.807, 2.05) is 42.3 Å². The molecule has 0 aliphatic carbocycles. The van der Waals surface area contributed by atoms with E-state index < -0.39 is 12.1 Å². The van der Waals surface area contributed by atoms with Gasteiger partial charge in [-0.25, -0.2) is 14.8 Å². The van der Waals surface area contributed by atoms with Crippen LogP contribution < -0.4 is 4.90 Å². The molecule has 2 aromatic heterocycles. The second kappa shape index (κ2) is 7.09. The number of carboxylic acids is 1. The molecule has 0 saturated carbocycles. The van der Waals surface area contributed by atoms with Gasteiger partial charge in [-0.2, -0.15) is 9.61 Å². The second-order valence-electron chi connectivity index (χ2n) is 6.23. The van der Waals surface area contributed by atoms with E-state index in [0.29, 0.717) is 22.7 Å². The molecule has 4 aromatic rings. The zero-order valence-electron chi connectivity index (χ0n) is 15.0. The number of aliphatic hydroxyl groups is 1. The smallest absolute Gasteiger partial charge is 0.335 e. The maximum Gasteiger partial charge on any atom is 0.335 e. The predicted octanol–water partition coefficient (Wildman–Crippen LogP) is 2.67. The summed E-state index contributed by atoms with van der Waals surface area (Å²) in [7, 11) is 1.87. The highest BCUT2D eigenvalue weighted by Gasteiger charge is 2.20. The van der Waals surface area contributed by atoms with Crippen molar-refractivity contribution in [3.8, 4) is 0 Å². The lowest BCUT2D eigenvalue weighted by Gasteiger charge is -2.18. The molecule has 2 N–H and O–H groups in total. The first-order chi connectivity index (χ1) is 13.6. The summed E-state index contributed by atoms with van der Waals surface area (Å²) in [6.07, 6.45) is 1.97. The van der Waals surface area contributed by atoms with E-state index in [2.05, 4.69) is 15.1 Å². The number of nitrogens with zero attached hydrogens (tertiary/aromatic N) is 5. The first-order valence-corrected chi connectivity index (χ1v) is 8.55. The highest BCUT2D eigenvalue weighted by Crippen LogP contribution is 2.28. The van der Waals surface area contributed by atoms with Crippen LogP contribution in [0, 0.1) is 0 Å². The van der Waals surface area contributed by atoms with E-state index in [-0.39, 0.29) is 5.56 Å². The van der Waals surface area contributed by atoms with Gasteiger partial charge >= 0.3 is 5.97 Å². The Bertz CT molecular complexity index is 1130. The molecule has 1 unspecified atom stereocenters. The quantitative estimate of drug-likeness (QED) is 0.553. The van der Waals surface area contributed by atoms with Gasteiger partial charge in [-0.3, -0.25) is 0 Å². The highest BCUT2D eigenvalue weighted by molar-refractivity contribution is 5.87. The van der Waals surface area contributed by atoms with Gasteiger partial charge in [0.05, 0.1) is 17.3 Å². The number of carbonyl (C=O) groups is 1. The number of fused-ring (bicyclic) bond motifs is 1. The summed E-state index contributed by atoms with van der Waals surface area (Å²) in [4.78, 5) is 21.5. The van der Waals surface area contributed by atoms with Crippen molar-refractivity contribution in [1.29, 1.82) is 0 Å². The number of aliphatic hydroxyl groups excluding tert-OH is 1. The molecule has 0 saturated heterocycles. The zero-order valence-corrected chi connectivity index (χ0v) is 15.0. The van der Waals surface area contributed by atoms with Crippen LogP contribution in [0.2, 0.25) is 0 Å². The molecule has 0 aliphatic heterocycles. The number of para-hydroxylation sites is 1. The van der Waals surface area contributed by atoms with Crippen LogP contribution in [-0.2, 0) is 0 Å². The Morgan fingerprint density at radius 2 is 1.79 bits per heavy atom. The largest absolute Gasteiger partial charge is 0.478 e. The maximum absolute atomic E-state index is 11.0. The molecule has 1 atom stereocenters. The Morgan fingerprint density at radius 3 is 2.46 bits per heavy atom. The summed E-state index contributed by atoms with van der Waals surface area (Å²) in [6, 6.07) is 15.8. The number of carboxylic acid groups (broad SMARTS) is 1. The zero-order chi connectivity index (χ0) is 19.7. The molecule has 2 aromatic carbocycles. The molecule has 28 heavy (non-hydrogen) atoms. The molecule has 0 aliphatic rings. The molecule has 140 valence electrons. The molecule has 0 radical (unpaired) electrons. The van der Waals surface area contributed by atoms with Crippen LogP contribution >= 0.6 is 0 Å². The van der Waals surface area contributed by atoms with Crippen LogP contribution in [0.25, 0.3) is 5.65 Å². The van der Waals surface area contributed by atoms with Crippen molar-refractivity contribution in [3.05, 3.63) is 83.8 Å². The van der Waals surface area contributed by atoms with Gasteiger partial charge in [0.1, 0.15) is 12.4 Å². The Morgan fingerprint density at radius 1 is 1.07 bits per heavy atom. The first-order valence-electron chi connectivity index (χ1n) is 8.55. The van der Waals surface area contributed by atoms with Gasteiger partial charge in [-0.1, -0.05) is 30.3 Å². The Kier molecular flexibility index (Phi) is 4.46. The fraction of sp³-hybridized carbons (Fsp3) is 0.100. The number of anilines is 2. The lowest BCUT2D eigenvalue weighted by molar-refractivity contribution is 0.0696. The van der Waals surface area contributed by atoms with Crippen LogP contribution in [0.3, 0.4) is 0 Å². The molecule has 0 amide bonds. The van der Waals surface area contributed by atoms with E-state index >= 15 is 0 Å². The van der Waals surface area contributed by atoms with E-state index in [1.165, 1.54) is 18.5 Å². The van der Waals surface area contributed by atoms with Crippen LogP contribution in [0.4, 0.5) is 11.6 Å². The van der Waals surface area contributed by atoms with Crippen LogP contribution in [0.1, 0.15) is 27.6 Å². The number of aromatic nitrogens is 4. The van der Waals surface area contributed by atoms with Gasteiger partial charge in [0.25, 0.3) is 0 Å². The average Bonchev–Trinajstić information content (AvgIpc) is 3.17. The van der Waals surface area contributed by atoms with Crippen molar-refractivity contribution in [2.45, 2.75) is 6.10 Å². The average molecular weight is 375 g/mol.